The second-order valence-corrected chi connectivity index (χ2v) is 7.77. The van der Waals surface area contributed by atoms with Crippen molar-refractivity contribution in [2.45, 2.75) is 38.4 Å². The lowest BCUT2D eigenvalue weighted by atomic mass is 9.97. The summed E-state index contributed by atoms with van der Waals surface area (Å²) in [7, 11) is 0. The van der Waals surface area contributed by atoms with Crippen molar-refractivity contribution in [1.29, 1.82) is 0 Å². The summed E-state index contributed by atoms with van der Waals surface area (Å²) in [5.41, 5.74) is 0.285. The molecule has 2 aromatic carbocycles. The largest absolute Gasteiger partial charge is 0.459 e. The summed E-state index contributed by atoms with van der Waals surface area (Å²) in [4.78, 5) is 15.3. The second-order valence-electron chi connectivity index (χ2n) is 7.77. The highest BCUT2D eigenvalue weighted by Gasteiger charge is 2.61. The topological polar surface area (TPSA) is 89.4 Å². The minimum atomic E-state index is -5.89. The molecular formula is C23H19F5N6O. The van der Waals surface area contributed by atoms with Crippen molar-refractivity contribution in [2.24, 2.45) is 0 Å². The van der Waals surface area contributed by atoms with E-state index in [0.29, 0.717) is 17.5 Å². The Morgan fingerprint density at radius 3 is 2.37 bits per heavy atom. The van der Waals surface area contributed by atoms with Crippen LogP contribution in [0.15, 0.2) is 48.5 Å². The summed E-state index contributed by atoms with van der Waals surface area (Å²) < 4.78 is 68.7. The standard InChI is InChI=1S/C23H19F5N6O/c1-2-6-19-29-20(22(24,25)23(26,27)28)18(13-35)34(19)12-14-9-10-16(15-7-4-3-5-8-15)17(11-14)21-30-32-33-31-21/h3-5,7-11,13H,2,6,12H2,1H3,(H,30,31,32,33). The van der Waals surface area contributed by atoms with E-state index in [1.54, 1.807) is 25.1 Å². The van der Waals surface area contributed by atoms with Gasteiger partial charge in [-0.2, -0.15) is 27.2 Å². The van der Waals surface area contributed by atoms with Crippen molar-refractivity contribution < 1.29 is 26.7 Å². The third-order valence-corrected chi connectivity index (χ3v) is 5.42. The van der Waals surface area contributed by atoms with Crippen molar-refractivity contribution in [1.82, 2.24) is 30.2 Å². The van der Waals surface area contributed by atoms with Gasteiger partial charge in [0, 0.05) is 18.5 Å². The number of tetrazole rings is 1. The number of imidazole rings is 1. The number of halogens is 5. The van der Waals surface area contributed by atoms with Gasteiger partial charge in [0.2, 0.25) is 5.82 Å². The van der Waals surface area contributed by atoms with Crippen LogP contribution in [0.25, 0.3) is 22.5 Å². The third kappa shape index (κ3) is 4.55. The first-order valence-corrected chi connectivity index (χ1v) is 10.6. The van der Waals surface area contributed by atoms with E-state index in [1.165, 1.54) is 0 Å². The number of nitrogens with zero attached hydrogens (tertiary/aromatic N) is 5. The van der Waals surface area contributed by atoms with Gasteiger partial charge >= 0.3 is 12.1 Å². The molecular weight excluding hydrogens is 471 g/mol. The Labute approximate surface area is 196 Å². The van der Waals surface area contributed by atoms with Gasteiger partial charge in [0.25, 0.3) is 0 Å². The summed E-state index contributed by atoms with van der Waals surface area (Å²) in [6.07, 6.45) is -5.38. The number of aromatic amines is 1. The fourth-order valence-corrected chi connectivity index (χ4v) is 3.79. The van der Waals surface area contributed by atoms with Gasteiger partial charge in [-0.15, -0.1) is 10.2 Å². The molecule has 35 heavy (non-hydrogen) atoms. The summed E-state index contributed by atoms with van der Waals surface area (Å²) >= 11 is 0. The first-order valence-electron chi connectivity index (χ1n) is 10.6. The molecule has 0 aliphatic heterocycles. The van der Waals surface area contributed by atoms with Gasteiger partial charge in [0.1, 0.15) is 17.2 Å². The smallest absolute Gasteiger partial charge is 0.321 e. The van der Waals surface area contributed by atoms with Gasteiger partial charge in [0.05, 0.1) is 0 Å². The van der Waals surface area contributed by atoms with Crippen molar-refractivity contribution in [3.8, 4) is 22.5 Å². The summed E-state index contributed by atoms with van der Waals surface area (Å²) in [6, 6.07) is 14.5. The molecule has 12 heteroatoms. The Bertz CT molecular complexity index is 1320. The van der Waals surface area contributed by atoms with Gasteiger partial charge in [-0.3, -0.25) is 4.79 Å². The Morgan fingerprint density at radius 1 is 1.03 bits per heavy atom. The van der Waals surface area contributed by atoms with Gasteiger partial charge in [-0.05, 0) is 34.4 Å². The highest BCUT2D eigenvalue weighted by Crippen LogP contribution is 2.44. The molecule has 4 rings (SSSR count). The van der Waals surface area contributed by atoms with Crippen LogP contribution in [-0.4, -0.2) is 42.6 Å². The zero-order chi connectivity index (χ0) is 25.2. The number of hydrogen-bond donors (Lipinski definition) is 1. The Morgan fingerprint density at radius 2 is 1.77 bits per heavy atom. The van der Waals surface area contributed by atoms with Crippen LogP contribution in [0.1, 0.15) is 40.9 Å². The lowest BCUT2D eigenvalue weighted by molar-refractivity contribution is -0.290. The SMILES string of the molecule is CCCc1nc(C(F)(F)C(F)(F)F)c(C=O)n1Cc1ccc(-c2ccccc2)c(-c2nn[nH]n2)c1. The molecule has 0 atom stereocenters. The van der Waals surface area contributed by atoms with Crippen molar-refractivity contribution in [3.63, 3.8) is 0 Å². The molecule has 2 heterocycles. The van der Waals surface area contributed by atoms with Gasteiger partial charge in [-0.1, -0.05) is 49.4 Å². The molecule has 1 N–H and O–H groups in total. The lowest BCUT2D eigenvalue weighted by Crippen LogP contribution is -2.35. The minimum absolute atomic E-state index is 0.0143. The molecule has 0 saturated carbocycles. The Kier molecular flexibility index (Phi) is 6.46. The number of carbonyl (C=O) groups is 1. The van der Waals surface area contributed by atoms with E-state index in [9.17, 15) is 26.7 Å². The normalized spacial score (nSPS) is 12.2. The molecule has 0 saturated heterocycles. The molecule has 182 valence electrons. The van der Waals surface area contributed by atoms with Crippen molar-refractivity contribution in [2.75, 3.05) is 0 Å². The first kappa shape index (κ1) is 24.2. The molecule has 0 aliphatic carbocycles. The first-order chi connectivity index (χ1) is 16.7. The van der Waals surface area contributed by atoms with E-state index in [0.717, 1.165) is 15.7 Å². The molecule has 0 amide bonds. The number of aldehydes is 1. The zero-order valence-corrected chi connectivity index (χ0v) is 18.4. The molecule has 0 bridgehead atoms. The molecule has 0 unspecified atom stereocenters. The van der Waals surface area contributed by atoms with E-state index in [2.05, 4.69) is 25.6 Å². The van der Waals surface area contributed by atoms with Crippen LogP contribution >= 0.6 is 0 Å². The average Bonchev–Trinajstić information content (AvgIpc) is 3.48. The molecule has 4 aromatic rings. The van der Waals surface area contributed by atoms with Gasteiger partial charge < -0.3 is 4.57 Å². The zero-order valence-electron chi connectivity index (χ0n) is 18.4. The maximum atomic E-state index is 14.2. The minimum Gasteiger partial charge on any atom is -0.321 e. The van der Waals surface area contributed by atoms with Crippen LogP contribution in [0.5, 0.6) is 0 Å². The van der Waals surface area contributed by atoms with Gasteiger partial charge in [-0.25, -0.2) is 4.98 Å². The number of hydrogen-bond acceptors (Lipinski definition) is 5. The number of benzene rings is 2. The van der Waals surface area contributed by atoms with E-state index in [1.807, 2.05) is 30.3 Å². The van der Waals surface area contributed by atoms with Crippen LogP contribution in [0.2, 0.25) is 0 Å². The van der Waals surface area contributed by atoms with Gasteiger partial charge in [0.15, 0.2) is 6.29 Å². The molecule has 7 nitrogen and oxygen atoms in total. The number of carbonyl (C=O) groups excluding carboxylic acids is 1. The number of aromatic nitrogens is 6. The third-order valence-electron chi connectivity index (χ3n) is 5.42. The predicted molar refractivity (Wildman–Crippen MR) is 116 cm³/mol. The molecule has 0 aliphatic rings. The number of nitrogens with one attached hydrogen (secondary N) is 1. The fourth-order valence-electron chi connectivity index (χ4n) is 3.79. The molecule has 0 spiro atoms. The summed E-state index contributed by atoms with van der Waals surface area (Å²) in [5, 5.41) is 14.0. The van der Waals surface area contributed by atoms with Crippen LogP contribution in [-0.2, 0) is 18.9 Å². The fraction of sp³-hybridized carbons (Fsp3) is 0.261. The van der Waals surface area contributed by atoms with Crippen LogP contribution in [0, 0.1) is 0 Å². The number of rotatable bonds is 8. The maximum Gasteiger partial charge on any atom is 0.459 e. The average molecular weight is 490 g/mol. The van der Waals surface area contributed by atoms with E-state index >= 15 is 0 Å². The summed E-state index contributed by atoms with van der Waals surface area (Å²) in [6.45, 7) is 1.56. The molecule has 0 fully saturated rings. The Hall–Kier alpha value is -3.96. The van der Waals surface area contributed by atoms with E-state index in [-0.39, 0.29) is 30.9 Å². The van der Waals surface area contributed by atoms with Crippen molar-refractivity contribution in [3.05, 3.63) is 71.3 Å². The van der Waals surface area contributed by atoms with E-state index < -0.39 is 23.5 Å². The lowest BCUT2D eigenvalue weighted by Gasteiger charge is -2.18. The summed E-state index contributed by atoms with van der Waals surface area (Å²) in [5.74, 6) is -5.05. The second kappa shape index (κ2) is 9.35. The predicted octanol–water partition coefficient (Wildman–Crippen LogP) is 5.20. The number of alkyl halides is 5. The van der Waals surface area contributed by atoms with Crippen LogP contribution in [0.3, 0.4) is 0 Å². The molecule has 2 aromatic heterocycles. The van der Waals surface area contributed by atoms with Crippen LogP contribution < -0.4 is 0 Å². The van der Waals surface area contributed by atoms with Crippen molar-refractivity contribution >= 4 is 6.29 Å². The van der Waals surface area contributed by atoms with Crippen LogP contribution in [0.4, 0.5) is 22.0 Å². The maximum absolute atomic E-state index is 14.2. The van der Waals surface area contributed by atoms with E-state index in [4.69, 9.17) is 0 Å². The Balaban J connectivity index is 1.83. The monoisotopic (exact) mass is 490 g/mol. The number of H-pyrrole nitrogens is 1. The highest BCUT2D eigenvalue weighted by atomic mass is 19.4. The highest BCUT2D eigenvalue weighted by molar-refractivity contribution is 5.81. The quantitative estimate of drug-likeness (QED) is 0.271. The molecule has 0 radical (unpaired) electrons. The number of aryl methyl sites for hydroxylation is 1.